The number of hydrogen-bond donors (Lipinski definition) is 1. The molecule has 0 atom stereocenters. The summed E-state index contributed by atoms with van der Waals surface area (Å²) in [4.78, 5) is 0. The van der Waals surface area contributed by atoms with Crippen LogP contribution in [-0.4, -0.2) is 6.54 Å². The number of benzene rings is 3. The van der Waals surface area contributed by atoms with Crippen molar-refractivity contribution in [2.24, 2.45) is 5.73 Å². The van der Waals surface area contributed by atoms with Gasteiger partial charge in [-0.05, 0) is 42.6 Å². The molecule has 0 spiro atoms. The number of para-hydroxylation sites is 1. The van der Waals surface area contributed by atoms with Crippen LogP contribution in [0.1, 0.15) is 16.7 Å². The molecule has 0 aliphatic rings. The Morgan fingerprint density at radius 3 is 2.38 bits per heavy atom. The summed E-state index contributed by atoms with van der Waals surface area (Å²) in [5, 5.41) is 0. The quantitative estimate of drug-likeness (QED) is 0.712. The first-order chi connectivity index (χ1) is 11.8. The second-order valence-electron chi connectivity index (χ2n) is 5.97. The van der Waals surface area contributed by atoms with Crippen LogP contribution in [0.3, 0.4) is 0 Å². The van der Waals surface area contributed by atoms with E-state index in [-0.39, 0.29) is 0 Å². The van der Waals surface area contributed by atoms with Crippen molar-refractivity contribution in [2.45, 2.75) is 20.0 Å². The smallest absolute Gasteiger partial charge is 0.127 e. The molecule has 2 nitrogen and oxygen atoms in total. The van der Waals surface area contributed by atoms with Gasteiger partial charge in [0.15, 0.2) is 0 Å². The zero-order chi connectivity index (χ0) is 16.8. The van der Waals surface area contributed by atoms with E-state index in [9.17, 15) is 0 Å². The van der Waals surface area contributed by atoms with E-state index in [1.165, 1.54) is 22.3 Å². The minimum atomic E-state index is 0.565. The number of nitrogens with two attached hydrogens (primary N) is 1. The first-order valence-corrected chi connectivity index (χ1v) is 8.33. The fourth-order valence-corrected chi connectivity index (χ4v) is 2.86. The van der Waals surface area contributed by atoms with Gasteiger partial charge in [0, 0.05) is 5.56 Å². The molecule has 0 heterocycles. The highest BCUT2D eigenvalue weighted by atomic mass is 16.5. The molecular formula is C22H23NO. The summed E-state index contributed by atoms with van der Waals surface area (Å²) in [7, 11) is 0. The maximum Gasteiger partial charge on any atom is 0.127 e. The molecule has 122 valence electrons. The lowest BCUT2D eigenvalue weighted by molar-refractivity contribution is 0.307. The van der Waals surface area contributed by atoms with E-state index < -0.39 is 0 Å². The standard InChI is InChI=1S/C22H23NO/c1-17-11-12-19(13-14-23)21(15-17)20-9-5-6-10-22(20)24-16-18-7-3-2-4-8-18/h2-12,15H,13-14,16,23H2,1H3. The third-order valence-electron chi connectivity index (χ3n) is 4.09. The lowest BCUT2D eigenvalue weighted by atomic mass is 9.95. The third kappa shape index (κ3) is 3.84. The Kier molecular flexibility index (Phi) is 5.29. The van der Waals surface area contributed by atoms with Gasteiger partial charge in [-0.2, -0.15) is 0 Å². The summed E-state index contributed by atoms with van der Waals surface area (Å²) < 4.78 is 6.12. The predicted molar refractivity (Wildman–Crippen MR) is 100 cm³/mol. The molecule has 3 rings (SSSR count). The van der Waals surface area contributed by atoms with E-state index in [0.717, 1.165) is 17.7 Å². The molecule has 0 aromatic heterocycles. The molecule has 0 radical (unpaired) electrons. The SMILES string of the molecule is Cc1ccc(CCN)c(-c2ccccc2OCc2ccccc2)c1. The van der Waals surface area contributed by atoms with Gasteiger partial charge in [-0.1, -0.05) is 72.3 Å². The Bertz CT molecular complexity index is 796. The Balaban J connectivity index is 1.93. The first kappa shape index (κ1) is 16.3. The van der Waals surface area contributed by atoms with E-state index in [0.29, 0.717) is 13.2 Å². The Labute approximate surface area is 143 Å². The van der Waals surface area contributed by atoms with Gasteiger partial charge in [0.1, 0.15) is 12.4 Å². The van der Waals surface area contributed by atoms with Crippen molar-refractivity contribution >= 4 is 0 Å². The summed E-state index contributed by atoms with van der Waals surface area (Å²) in [5.74, 6) is 0.908. The maximum absolute atomic E-state index is 6.12. The Morgan fingerprint density at radius 1 is 0.833 bits per heavy atom. The molecule has 0 unspecified atom stereocenters. The molecule has 0 amide bonds. The lowest BCUT2D eigenvalue weighted by Crippen LogP contribution is -2.05. The van der Waals surface area contributed by atoms with Crippen LogP contribution in [0.4, 0.5) is 0 Å². The van der Waals surface area contributed by atoms with Gasteiger partial charge in [-0.25, -0.2) is 0 Å². The van der Waals surface area contributed by atoms with Crippen molar-refractivity contribution in [3.8, 4) is 16.9 Å². The highest BCUT2D eigenvalue weighted by molar-refractivity contribution is 5.74. The summed E-state index contributed by atoms with van der Waals surface area (Å²) in [5.41, 5.74) is 11.8. The average molecular weight is 317 g/mol. The van der Waals surface area contributed by atoms with Crippen LogP contribution in [0.2, 0.25) is 0 Å². The van der Waals surface area contributed by atoms with Crippen molar-refractivity contribution in [3.63, 3.8) is 0 Å². The third-order valence-corrected chi connectivity index (χ3v) is 4.09. The van der Waals surface area contributed by atoms with Gasteiger partial charge in [0.05, 0.1) is 0 Å². The molecule has 0 saturated heterocycles. The maximum atomic E-state index is 6.12. The van der Waals surface area contributed by atoms with Gasteiger partial charge >= 0.3 is 0 Å². The van der Waals surface area contributed by atoms with Crippen molar-refractivity contribution in [1.29, 1.82) is 0 Å². The molecule has 3 aromatic rings. The largest absolute Gasteiger partial charge is 0.488 e. The number of hydrogen-bond acceptors (Lipinski definition) is 2. The minimum absolute atomic E-state index is 0.565. The lowest BCUT2D eigenvalue weighted by Gasteiger charge is -2.15. The second kappa shape index (κ2) is 7.80. The summed E-state index contributed by atoms with van der Waals surface area (Å²) in [6.45, 7) is 3.32. The summed E-state index contributed by atoms with van der Waals surface area (Å²) in [6, 6.07) is 25.0. The molecule has 2 N–H and O–H groups in total. The molecule has 0 aliphatic carbocycles. The summed E-state index contributed by atoms with van der Waals surface area (Å²) in [6.07, 6.45) is 0.864. The number of rotatable bonds is 6. The van der Waals surface area contributed by atoms with Gasteiger partial charge in [-0.15, -0.1) is 0 Å². The summed E-state index contributed by atoms with van der Waals surface area (Å²) >= 11 is 0. The molecule has 24 heavy (non-hydrogen) atoms. The van der Waals surface area contributed by atoms with Crippen molar-refractivity contribution in [2.75, 3.05) is 6.54 Å². The van der Waals surface area contributed by atoms with Crippen LogP contribution in [0.5, 0.6) is 5.75 Å². The van der Waals surface area contributed by atoms with Crippen LogP contribution in [0.25, 0.3) is 11.1 Å². The molecule has 0 aliphatic heterocycles. The van der Waals surface area contributed by atoms with E-state index in [2.05, 4.69) is 49.4 Å². The molecule has 0 saturated carbocycles. The number of aryl methyl sites for hydroxylation is 1. The fraction of sp³-hybridized carbons (Fsp3) is 0.182. The van der Waals surface area contributed by atoms with E-state index in [1.807, 2.05) is 30.3 Å². The normalized spacial score (nSPS) is 10.6. The Morgan fingerprint density at radius 2 is 1.58 bits per heavy atom. The van der Waals surface area contributed by atoms with Crippen LogP contribution in [0.15, 0.2) is 72.8 Å². The van der Waals surface area contributed by atoms with Crippen molar-refractivity contribution < 1.29 is 4.74 Å². The van der Waals surface area contributed by atoms with Crippen LogP contribution >= 0.6 is 0 Å². The van der Waals surface area contributed by atoms with Gasteiger partial charge in [0.2, 0.25) is 0 Å². The topological polar surface area (TPSA) is 35.2 Å². The molecule has 0 bridgehead atoms. The molecular weight excluding hydrogens is 294 g/mol. The first-order valence-electron chi connectivity index (χ1n) is 8.33. The van der Waals surface area contributed by atoms with Gasteiger partial charge in [-0.3, -0.25) is 0 Å². The van der Waals surface area contributed by atoms with Gasteiger partial charge < -0.3 is 10.5 Å². The fourth-order valence-electron chi connectivity index (χ4n) is 2.86. The van der Waals surface area contributed by atoms with E-state index in [1.54, 1.807) is 0 Å². The highest BCUT2D eigenvalue weighted by Crippen LogP contribution is 2.33. The zero-order valence-electron chi connectivity index (χ0n) is 14.0. The van der Waals surface area contributed by atoms with E-state index in [4.69, 9.17) is 10.5 Å². The van der Waals surface area contributed by atoms with Crippen molar-refractivity contribution in [3.05, 3.63) is 89.5 Å². The monoisotopic (exact) mass is 317 g/mol. The minimum Gasteiger partial charge on any atom is -0.488 e. The second-order valence-corrected chi connectivity index (χ2v) is 5.97. The highest BCUT2D eigenvalue weighted by Gasteiger charge is 2.10. The van der Waals surface area contributed by atoms with Crippen LogP contribution in [0, 0.1) is 6.92 Å². The van der Waals surface area contributed by atoms with Gasteiger partial charge in [0.25, 0.3) is 0 Å². The average Bonchev–Trinajstić information content (AvgIpc) is 2.63. The predicted octanol–water partition coefficient (Wildman–Crippen LogP) is 4.74. The van der Waals surface area contributed by atoms with E-state index >= 15 is 0 Å². The number of ether oxygens (including phenoxy) is 1. The Hall–Kier alpha value is -2.58. The van der Waals surface area contributed by atoms with Crippen LogP contribution in [-0.2, 0) is 13.0 Å². The zero-order valence-corrected chi connectivity index (χ0v) is 14.0. The molecule has 0 fully saturated rings. The van der Waals surface area contributed by atoms with Crippen molar-refractivity contribution in [1.82, 2.24) is 0 Å². The molecule has 3 aromatic carbocycles. The van der Waals surface area contributed by atoms with Crippen LogP contribution < -0.4 is 10.5 Å². The molecule has 2 heteroatoms.